The van der Waals surface area contributed by atoms with Crippen molar-refractivity contribution in [1.82, 2.24) is 5.32 Å². The molecule has 0 aliphatic heterocycles. The second-order valence-corrected chi connectivity index (χ2v) is 7.69. The van der Waals surface area contributed by atoms with Gasteiger partial charge in [0.1, 0.15) is 5.75 Å². The largest absolute Gasteiger partial charge is 0.497 e. The minimum absolute atomic E-state index is 0.0961. The molecular weight excluding hydrogens is 350 g/mol. The van der Waals surface area contributed by atoms with E-state index < -0.39 is 9.84 Å². The Bertz CT molecular complexity index is 786. The molecule has 1 N–H and O–H groups in total. The number of sulfone groups is 1. The van der Waals surface area contributed by atoms with E-state index in [4.69, 9.17) is 16.3 Å². The van der Waals surface area contributed by atoms with Gasteiger partial charge in [0.05, 0.1) is 17.8 Å². The summed E-state index contributed by atoms with van der Waals surface area (Å²) in [5.41, 5.74) is 0.907. The smallest absolute Gasteiger partial charge is 0.221 e. The fourth-order valence-electron chi connectivity index (χ4n) is 2.02. The van der Waals surface area contributed by atoms with E-state index in [9.17, 15) is 13.2 Å². The summed E-state index contributed by atoms with van der Waals surface area (Å²) in [4.78, 5) is 12.0. The van der Waals surface area contributed by atoms with Crippen molar-refractivity contribution in [3.8, 4) is 5.75 Å². The molecule has 128 valence electrons. The second-order valence-electron chi connectivity index (χ2n) is 5.15. The number of methoxy groups -OCH3 is 1. The Morgan fingerprint density at radius 3 is 2.29 bits per heavy atom. The van der Waals surface area contributed by atoms with Crippen LogP contribution in [-0.4, -0.2) is 27.2 Å². The van der Waals surface area contributed by atoms with Crippen molar-refractivity contribution in [2.45, 2.75) is 17.9 Å². The summed E-state index contributed by atoms with van der Waals surface area (Å²) in [6, 6.07) is 13.2. The summed E-state index contributed by atoms with van der Waals surface area (Å²) in [6.07, 6.45) is -0.0961. The van der Waals surface area contributed by atoms with Crippen LogP contribution >= 0.6 is 11.6 Å². The lowest BCUT2D eigenvalue weighted by molar-refractivity contribution is -0.120. The van der Waals surface area contributed by atoms with Crippen LogP contribution in [0.5, 0.6) is 5.75 Å². The molecule has 0 saturated carbocycles. The van der Waals surface area contributed by atoms with Gasteiger partial charge in [0, 0.05) is 18.0 Å². The molecular formula is C17H18ClNO4S. The fraction of sp³-hybridized carbons (Fsp3) is 0.235. The molecule has 0 unspecified atom stereocenters. The van der Waals surface area contributed by atoms with E-state index in [1.54, 1.807) is 19.2 Å². The van der Waals surface area contributed by atoms with Crippen molar-refractivity contribution in [2.75, 3.05) is 12.9 Å². The summed E-state index contributed by atoms with van der Waals surface area (Å²) < 4.78 is 29.4. The summed E-state index contributed by atoms with van der Waals surface area (Å²) in [6.45, 7) is 0.337. The Kier molecular flexibility index (Phi) is 6.23. The minimum Gasteiger partial charge on any atom is -0.497 e. The maximum Gasteiger partial charge on any atom is 0.221 e. The molecule has 7 heteroatoms. The van der Waals surface area contributed by atoms with Crippen LogP contribution in [0.1, 0.15) is 12.0 Å². The number of halogens is 1. The number of benzene rings is 2. The molecule has 0 heterocycles. The highest BCUT2D eigenvalue weighted by molar-refractivity contribution is 7.91. The van der Waals surface area contributed by atoms with E-state index in [0.29, 0.717) is 11.6 Å². The van der Waals surface area contributed by atoms with Gasteiger partial charge in [0.2, 0.25) is 5.91 Å². The first-order chi connectivity index (χ1) is 11.4. The Hall–Kier alpha value is -2.05. The standard InChI is InChI=1S/C17H18ClNO4S/c1-23-15-6-2-13(3-7-15)12-19-17(20)10-11-24(21,22)16-8-4-14(18)5-9-16/h2-9H,10-12H2,1H3,(H,19,20). The molecule has 2 aromatic carbocycles. The van der Waals surface area contributed by atoms with Crippen molar-refractivity contribution in [2.24, 2.45) is 0 Å². The van der Waals surface area contributed by atoms with Crippen LogP contribution < -0.4 is 10.1 Å². The van der Waals surface area contributed by atoms with Gasteiger partial charge >= 0.3 is 0 Å². The third kappa shape index (κ3) is 5.25. The Morgan fingerprint density at radius 1 is 1.08 bits per heavy atom. The first-order valence-electron chi connectivity index (χ1n) is 7.29. The number of carbonyl (C=O) groups excluding carboxylic acids is 1. The van der Waals surface area contributed by atoms with Crippen LogP contribution in [0.3, 0.4) is 0 Å². The molecule has 0 saturated heterocycles. The monoisotopic (exact) mass is 367 g/mol. The van der Waals surface area contributed by atoms with Gasteiger partial charge in [-0.05, 0) is 42.0 Å². The number of hydrogen-bond donors (Lipinski definition) is 1. The molecule has 1 amide bonds. The molecule has 5 nitrogen and oxygen atoms in total. The number of ether oxygens (including phenoxy) is 1. The highest BCUT2D eigenvalue weighted by Gasteiger charge is 2.16. The van der Waals surface area contributed by atoms with E-state index in [1.165, 1.54) is 24.3 Å². The van der Waals surface area contributed by atoms with Crippen LogP contribution in [-0.2, 0) is 21.2 Å². The highest BCUT2D eigenvalue weighted by atomic mass is 35.5. The van der Waals surface area contributed by atoms with Gasteiger partial charge in [-0.15, -0.1) is 0 Å². The van der Waals surface area contributed by atoms with Crippen molar-refractivity contribution < 1.29 is 17.9 Å². The molecule has 0 atom stereocenters. The van der Waals surface area contributed by atoms with Crippen molar-refractivity contribution in [1.29, 1.82) is 0 Å². The van der Waals surface area contributed by atoms with E-state index in [1.807, 2.05) is 12.1 Å². The van der Waals surface area contributed by atoms with Crippen LogP contribution in [0.15, 0.2) is 53.4 Å². The predicted molar refractivity (Wildman–Crippen MR) is 93.0 cm³/mol. The van der Waals surface area contributed by atoms with Crippen LogP contribution in [0.25, 0.3) is 0 Å². The maximum atomic E-state index is 12.2. The number of carbonyl (C=O) groups is 1. The molecule has 0 spiro atoms. The van der Waals surface area contributed by atoms with Gasteiger partial charge in [0.15, 0.2) is 9.84 Å². The van der Waals surface area contributed by atoms with Gasteiger partial charge in [-0.25, -0.2) is 8.42 Å². The molecule has 0 radical (unpaired) electrons. The Morgan fingerprint density at radius 2 is 1.71 bits per heavy atom. The molecule has 2 rings (SSSR count). The SMILES string of the molecule is COc1ccc(CNC(=O)CCS(=O)(=O)c2ccc(Cl)cc2)cc1. The lowest BCUT2D eigenvalue weighted by atomic mass is 10.2. The normalized spacial score (nSPS) is 11.1. The lowest BCUT2D eigenvalue weighted by Crippen LogP contribution is -2.25. The predicted octanol–water partition coefficient (Wildman–Crippen LogP) is 2.83. The summed E-state index contributed by atoms with van der Waals surface area (Å²) in [5.74, 6) is 0.172. The number of hydrogen-bond acceptors (Lipinski definition) is 4. The van der Waals surface area contributed by atoms with E-state index >= 15 is 0 Å². The van der Waals surface area contributed by atoms with E-state index in [-0.39, 0.29) is 23.0 Å². The van der Waals surface area contributed by atoms with Crippen LogP contribution in [0.4, 0.5) is 0 Å². The zero-order chi connectivity index (χ0) is 17.6. The Labute approximate surface area is 146 Å². The zero-order valence-corrected chi connectivity index (χ0v) is 14.7. The van der Waals surface area contributed by atoms with Gasteiger partial charge in [-0.1, -0.05) is 23.7 Å². The first kappa shape index (κ1) is 18.3. The van der Waals surface area contributed by atoms with Crippen molar-refractivity contribution in [3.05, 3.63) is 59.1 Å². The van der Waals surface area contributed by atoms with Gasteiger partial charge in [0.25, 0.3) is 0 Å². The minimum atomic E-state index is -3.50. The highest BCUT2D eigenvalue weighted by Crippen LogP contribution is 2.16. The van der Waals surface area contributed by atoms with Gasteiger partial charge in [-0.2, -0.15) is 0 Å². The molecule has 0 aliphatic rings. The summed E-state index contributed by atoms with van der Waals surface area (Å²) in [7, 11) is -1.92. The number of amides is 1. The average Bonchev–Trinajstić information content (AvgIpc) is 2.59. The van der Waals surface area contributed by atoms with E-state index in [2.05, 4.69) is 5.32 Å². The molecule has 0 aliphatic carbocycles. The van der Waals surface area contributed by atoms with Gasteiger partial charge in [-0.3, -0.25) is 4.79 Å². The van der Waals surface area contributed by atoms with Gasteiger partial charge < -0.3 is 10.1 Å². The number of rotatable bonds is 7. The zero-order valence-electron chi connectivity index (χ0n) is 13.2. The van der Waals surface area contributed by atoms with Crippen LogP contribution in [0.2, 0.25) is 5.02 Å². The summed E-state index contributed by atoms with van der Waals surface area (Å²) >= 11 is 5.74. The maximum absolute atomic E-state index is 12.2. The molecule has 24 heavy (non-hydrogen) atoms. The average molecular weight is 368 g/mol. The first-order valence-corrected chi connectivity index (χ1v) is 9.32. The summed E-state index contributed by atoms with van der Waals surface area (Å²) in [5, 5.41) is 3.17. The molecule has 0 bridgehead atoms. The van der Waals surface area contributed by atoms with Crippen LogP contribution in [0, 0.1) is 0 Å². The quantitative estimate of drug-likeness (QED) is 0.816. The molecule has 0 aromatic heterocycles. The van der Waals surface area contributed by atoms with Crippen molar-refractivity contribution in [3.63, 3.8) is 0 Å². The molecule has 0 fully saturated rings. The Balaban J connectivity index is 1.84. The lowest BCUT2D eigenvalue weighted by Gasteiger charge is -2.07. The third-order valence-electron chi connectivity index (χ3n) is 3.42. The second kappa shape index (κ2) is 8.17. The fourth-order valence-corrected chi connectivity index (χ4v) is 3.39. The van der Waals surface area contributed by atoms with Crippen molar-refractivity contribution >= 4 is 27.3 Å². The van der Waals surface area contributed by atoms with E-state index in [0.717, 1.165) is 11.3 Å². The topological polar surface area (TPSA) is 72.5 Å². The molecule has 2 aromatic rings. The number of nitrogens with one attached hydrogen (secondary N) is 1. The third-order valence-corrected chi connectivity index (χ3v) is 5.40.